The van der Waals surface area contributed by atoms with E-state index in [-0.39, 0.29) is 11.9 Å². The average molecular weight is 380 g/mol. The number of amides is 1. The van der Waals surface area contributed by atoms with Crippen molar-refractivity contribution in [3.05, 3.63) is 47.8 Å². The Hall–Kier alpha value is -3.07. The highest BCUT2D eigenvalue weighted by molar-refractivity contribution is 6.00. The molecule has 0 bridgehead atoms. The van der Waals surface area contributed by atoms with Gasteiger partial charge in [-0.2, -0.15) is 5.10 Å². The molecule has 0 radical (unpaired) electrons. The van der Waals surface area contributed by atoms with Crippen LogP contribution in [0.3, 0.4) is 0 Å². The summed E-state index contributed by atoms with van der Waals surface area (Å²) in [6.07, 6.45) is 3.17. The minimum Gasteiger partial charge on any atom is -0.349 e. The van der Waals surface area contributed by atoms with Crippen molar-refractivity contribution in [3.63, 3.8) is 0 Å². The van der Waals surface area contributed by atoms with Crippen LogP contribution >= 0.6 is 0 Å². The van der Waals surface area contributed by atoms with Crippen LogP contribution in [0.15, 0.2) is 30.6 Å². The molecule has 0 spiro atoms. The van der Waals surface area contributed by atoms with Crippen LogP contribution in [0.4, 0.5) is 0 Å². The summed E-state index contributed by atoms with van der Waals surface area (Å²) in [4.78, 5) is 19.0. The van der Waals surface area contributed by atoms with E-state index < -0.39 is 0 Å². The third kappa shape index (κ3) is 3.53. The Balaban J connectivity index is 1.39. The molecular weight excluding hydrogens is 356 g/mol. The molecule has 1 amide bonds. The van der Waals surface area contributed by atoms with E-state index in [1.165, 1.54) is 6.33 Å². The summed E-state index contributed by atoms with van der Waals surface area (Å²) in [5.74, 6) is 2.76. The van der Waals surface area contributed by atoms with Crippen molar-refractivity contribution in [1.29, 1.82) is 0 Å². The van der Waals surface area contributed by atoms with Crippen molar-refractivity contribution in [2.24, 2.45) is 7.05 Å². The van der Waals surface area contributed by atoms with Gasteiger partial charge in [0.25, 0.3) is 5.91 Å². The summed E-state index contributed by atoms with van der Waals surface area (Å²) in [6, 6.07) is 7.54. The first-order valence-corrected chi connectivity index (χ1v) is 9.31. The normalized spacial score (nSPS) is 18.9. The van der Waals surface area contributed by atoms with Gasteiger partial charge in [0.2, 0.25) is 0 Å². The van der Waals surface area contributed by atoms with Crippen LogP contribution in [0.25, 0.3) is 11.4 Å². The zero-order chi connectivity index (χ0) is 19.7. The number of carbonyl (C=O) groups excluding carboxylic acids is 1. The predicted octanol–water partition coefficient (Wildman–Crippen LogP) is 1.34. The van der Waals surface area contributed by atoms with E-state index in [1.54, 1.807) is 6.07 Å². The first-order chi connectivity index (χ1) is 13.5. The van der Waals surface area contributed by atoms with Crippen molar-refractivity contribution >= 4 is 5.91 Å². The molecule has 1 aliphatic carbocycles. The molecule has 0 unspecified atom stereocenters. The minimum atomic E-state index is -0.0956. The summed E-state index contributed by atoms with van der Waals surface area (Å²) in [5.41, 5.74) is 1.34. The number of benzene rings is 1. The van der Waals surface area contributed by atoms with Crippen molar-refractivity contribution in [2.45, 2.75) is 31.3 Å². The second-order valence-corrected chi connectivity index (χ2v) is 7.49. The Labute approximate surface area is 163 Å². The quantitative estimate of drug-likeness (QED) is 0.669. The second-order valence-electron chi connectivity index (χ2n) is 7.49. The highest BCUT2D eigenvalue weighted by Crippen LogP contribution is 2.36. The number of aromatic amines is 1. The van der Waals surface area contributed by atoms with Crippen LogP contribution < -0.4 is 5.32 Å². The van der Waals surface area contributed by atoms with Crippen LogP contribution in [-0.4, -0.2) is 60.9 Å². The van der Waals surface area contributed by atoms with Gasteiger partial charge in [-0.25, -0.2) is 4.98 Å². The van der Waals surface area contributed by atoms with E-state index in [2.05, 4.69) is 40.2 Å². The maximum Gasteiger partial charge on any atom is 0.252 e. The maximum atomic E-state index is 12.8. The second kappa shape index (κ2) is 7.51. The molecular formula is C19H24N8O. The maximum absolute atomic E-state index is 12.8. The Morgan fingerprint density at radius 1 is 1.29 bits per heavy atom. The minimum absolute atomic E-state index is 0.0956. The zero-order valence-corrected chi connectivity index (χ0v) is 16.3. The number of hydrogen-bond donors (Lipinski definition) is 2. The molecule has 0 saturated heterocycles. The first-order valence-electron chi connectivity index (χ1n) is 9.31. The lowest BCUT2D eigenvalue weighted by atomic mass is 9.79. The molecule has 28 heavy (non-hydrogen) atoms. The number of rotatable bonds is 6. The van der Waals surface area contributed by atoms with Gasteiger partial charge in [-0.15, -0.1) is 10.2 Å². The largest absolute Gasteiger partial charge is 0.349 e. The number of aromatic nitrogens is 6. The molecule has 2 N–H and O–H groups in total. The number of nitrogens with one attached hydrogen (secondary N) is 2. The first kappa shape index (κ1) is 18.3. The summed E-state index contributed by atoms with van der Waals surface area (Å²) < 4.78 is 2.07. The molecule has 0 aliphatic heterocycles. The molecule has 1 aliphatic rings. The lowest BCUT2D eigenvalue weighted by Gasteiger charge is -2.35. The smallest absolute Gasteiger partial charge is 0.252 e. The Morgan fingerprint density at radius 3 is 2.79 bits per heavy atom. The van der Waals surface area contributed by atoms with E-state index in [0.717, 1.165) is 36.6 Å². The van der Waals surface area contributed by atoms with Crippen LogP contribution in [-0.2, 0) is 13.6 Å². The van der Waals surface area contributed by atoms with Gasteiger partial charge in [0.1, 0.15) is 18.0 Å². The van der Waals surface area contributed by atoms with Crippen LogP contribution in [0, 0.1) is 0 Å². The van der Waals surface area contributed by atoms with Crippen LogP contribution in [0.1, 0.15) is 40.8 Å². The molecule has 9 heteroatoms. The van der Waals surface area contributed by atoms with Crippen molar-refractivity contribution in [1.82, 2.24) is 40.2 Å². The van der Waals surface area contributed by atoms with Gasteiger partial charge < -0.3 is 14.8 Å². The van der Waals surface area contributed by atoms with E-state index in [9.17, 15) is 4.79 Å². The topological polar surface area (TPSA) is 105 Å². The van der Waals surface area contributed by atoms with Gasteiger partial charge in [0, 0.05) is 24.6 Å². The Kier molecular flexibility index (Phi) is 4.91. The Bertz CT molecular complexity index is 956. The average Bonchev–Trinajstić information content (AvgIpc) is 3.29. The van der Waals surface area contributed by atoms with E-state index in [4.69, 9.17) is 0 Å². The molecule has 1 aromatic carbocycles. The SMILES string of the molecule is CN(C)Cc1nnc(C2CC(NC(=O)c3ccccc3-c3ncn[nH]3)C2)n1C. The van der Waals surface area contributed by atoms with Gasteiger partial charge in [-0.3, -0.25) is 9.89 Å². The molecule has 0 atom stereocenters. The monoisotopic (exact) mass is 380 g/mol. The summed E-state index contributed by atoms with van der Waals surface area (Å²) in [6.45, 7) is 0.759. The highest BCUT2D eigenvalue weighted by atomic mass is 16.1. The van der Waals surface area contributed by atoms with Gasteiger partial charge in [0.15, 0.2) is 5.82 Å². The molecule has 9 nitrogen and oxygen atoms in total. The summed E-state index contributed by atoms with van der Waals surface area (Å²) in [5, 5.41) is 18.5. The van der Waals surface area contributed by atoms with Gasteiger partial charge in [0.05, 0.1) is 12.1 Å². The molecule has 146 valence electrons. The van der Waals surface area contributed by atoms with Crippen molar-refractivity contribution in [3.8, 4) is 11.4 Å². The summed E-state index contributed by atoms with van der Waals surface area (Å²) >= 11 is 0. The number of H-pyrrole nitrogens is 1. The van der Waals surface area contributed by atoms with E-state index >= 15 is 0 Å². The fraction of sp³-hybridized carbons (Fsp3) is 0.421. The van der Waals surface area contributed by atoms with E-state index in [0.29, 0.717) is 17.3 Å². The highest BCUT2D eigenvalue weighted by Gasteiger charge is 2.35. The zero-order valence-electron chi connectivity index (χ0n) is 16.3. The van der Waals surface area contributed by atoms with Gasteiger partial charge in [-0.1, -0.05) is 18.2 Å². The third-order valence-electron chi connectivity index (χ3n) is 5.14. The fourth-order valence-electron chi connectivity index (χ4n) is 3.58. The van der Waals surface area contributed by atoms with Gasteiger partial charge in [-0.05, 0) is 33.0 Å². The lowest BCUT2D eigenvalue weighted by Crippen LogP contribution is -2.44. The number of carbonyl (C=O) groups is 1. The molecule has 4 rings (SSSR count). The molecule has 2 heterocycles. The van der Waals surface area contributed by atoms with E-state index in [1.807, 2.05) is 39.3 Å². The van der Waals surface area contributed by atoms with Gasteiger partial charge >= 0.3 is 0 Å². The fourth-order valence-corrected chi connectivity index (χ4v) is 3.58. The molecule has 1 fully saturated rings. The number of nitrogens with zero attached hydrogens (tertiary/aromatic N) is 6. The Morgan fingerprint density at radius 2 is 2.07 bits per heavy atom. The predicted molar refractivity (Wildman–Crippen MR) is 103 cm³/mol. The summed E-state index contributed by atoms with van der Waals surface area (Å²) in [7, 11) is 6.04. The van der Waals surface area contributed by atoms with Crippen LogP contribution in [0.2, 0.25) is 0 Å². The standard InChI is InChI=1S/C19H24N8O/c1-26(2)10-16-23-25-18(27(16)3)12-8-13(9-12)22-19(28)15-7-5-4-6-14(15)17-20-11-21-24-17/h4-7,11-13H,8-10H2,1-3H3,(H,22,28)(H,20,21,24). The third-order valence-corrected chi connectivity index (χ3v) is 5.14. The van der Waals surface area contributed by atoms with Crippen LogP contribution in [0.5, 0.6) is 0 Å². The molecule has 2 aromatic heterocycles. The van der Waals surface area contributed by atoms with Crippen molar-refractivity contribution < 1.29 is 4.79 Å². The molecule has 3 aromatic rings. The molecule has 1 saturated carbocycles. The van der Waals surface area contributed by atoms with Crippen molar-refractivity contribution in [2.75, 3.05) is 14.1 Å². The lowest BCUT2D eigenvalue weighted by molar-refractivity contribution is 0.0907. The number of hydrogen-bond acceptors (Lipinski definition) is 6.